The summed E-state index contributed by atoms with van der Waals surface area (Å²) in [6.07, 6.45) is 0. The average molecular weight is 315 g/mol. The molecule has 0 aliphatic heterocycles. The van der Waals surface area contributed by atoms with Gasteiger partial charge in [-0.1, -0.05) is 15.9 Å². The van der Waals surface area contributed by atoms with E-state index in [1.807, 2.05) is 19.1 Å². The lowest BCUT2D eigenvalue weighted by molar-refractivity contribution is 0.119. The second-order valence-electron chi connectivity index (χ2n) is 3.97. The number of hydrogen-bond donors (Lipinski definition) is 1. The van der Waals surface area contributed by atoms with Crippen molar-refractivity contribution in [1.82, 2.24) is 9.55 Å². The normalized spacial score (nSPS) is 13.1. The molecule has 0 aliphatic carbocycles. The molecule has 0 saturated carbocycles. The minimum absolute atomic E-state index is 0.234. The third-order valence-electron chi connectivity index (χ3n) is 2.68. The van der Waals surface area contributed by atoms with Gasteiger partial charge in [0.15, 0.2) is 4.77 Å². The van der Waals surface area contributed by atoms with Gasteiger partial charge >= 0.3 is 0 Å². The predicted molar refractivity (Wildman–Crippen MR) is 76.0 cm³/mol. The van der Waals surface area contributed by atoms with Gasteiger partial charge in [0.05, 0.1) is 23.7 Å². The highest BCUT2D eigenvalue weighted by molar-refractivity contribution is 9.10. The van der Waals surface area contributed by atoms with Gasteiger partial charge in [-0.2, -0.15) is 0 Å². The summed E-state index contributed by atoms with van der Waals surface area (Å²) >= 11 is 8.82. The zero-order chi connectivity index (χ0) is 12.4. The molecule has 3 nitrogen and oxygen atoms in total. The van der Waals surface area contributed by atoms with Crippen LogP contribution >= 0.6 is 28.1 Å². The number of fused-ring (bicyclic) bond motifs is 1. The zero-order valence-electron chi connectivity index (χ0n) is 9.87. The lowest BCUT2D eigenvalue weighted by Gasteiger charge is -2.14. The molecule has 0 bridgehead atoms. The number of imidazole rings is 1. The van der Waals surface area contributed by atoms with Crippen LogP contribution in [0.4, 0.5) is 0 Å². The fourth-order valence-corrected chi connectivity index (χ4v) is 2.65. The minimum Gasteiger partial charge on any atom is -0.380 e. The Labute approximate surface area is 114 Å². The summed E-state index contributed by atoms with van der Waals surface area (Å²) in [7, 11) is 0. The van der Waals surface area contributed by atoms with Gasteiger partial charge in [-0.25, -0.2) is 0 Å². The quantitative estimate of drug-likeness (QED) is 0.862. The Morgan fingerprint density at radius 2 is 2.29 bits per heavy atom. The Bertz CT molecular complexity index is 575. The smallest absolute Gasteiger partial charge is 0.178 e. The molecule has 2 rings (SSSR count). The van der Waals surface area contributed by atoms with E-state index in [4.69, 9.17) is 17.0 Å². The molecule has 1 aromatic carbocycles. The van der Waals surface area contributed by atoms with Crippen LogP contribution in [-0.4, -0.2) is 22.8 Å². The predicted octanol–water partition coefficient (Wildman–Crippen LogP) is 4.06. The van der Waals surface area contributed by atoms with E-state index in [2.05, 4.69) is 38.5 Å². The first-order valence-corrected chi connectivity index (χ1v) is 6.81. The topological polar surface area (TPSA) is 29.9 Å². The number of nitrogens with zero attached hydrogens (tertiary/aromatic N) is 1. The maximum Gasteiger partial charge on any atom is 0.178 e. The Morgan fingerprint density at radius 3 is 3.00 bits per heavy atom. The van der Waals surface area contributed by atoms with Crippen LogP contribution in [0.25, 0.3) is 11.0 Å². The average Bonchev–Trinajstić information content (AvgIpc) is 2.61. The van der Waals surface area contributed by atoms with E-state index < -0.39 is 0 Å². The molecular weight excluding hydrogens is 300 g/mol. The third-order valence-corrected chi connectivity index (χ3v) is 3.47. The van der Waals surface area contributed by atoms with Crippen molar-refractivity contribution in [2.45, 2.75) is 19.9 Å². The fraction of sp³-hybridized carbons (Fsp3) is 0.417. The molecular formula is C12H15BrN2OS. The number of rotatable bonds is 4. The van der Waals surface area contributed by atoms with E-state index in [0.717, 1.165) is 26.9 Å². The standard InChI is InChI=1S/C12H15BrN2OS/c1-3-16-7-8(2)15-11-5-4-9(13)6-10(11)14-12(15)17/h4-6,8H,3,7H2,1-2H3,(H,14,17). The molecule has 1 atom stereocenters. The lowest BCUT2D eigenvalue weighted by Crippen LogP contribution is -2.12. The molecule has 17 heavy (non-hydrogen) atoms. The number of halogens is 1. The highest BCUT2D eigenvalue weighted by atomic mass is 79.9. The number of H-pyrrole nitrogens is 1. The van der Waals surface area contributed by atoms with Crippen LogP contribution in [0, 0.1) is 4.77 Å². The van der Waals surface area contributed by atoms with Gasteiger partial charge in [-0.3, -0.25) is 0 Å². The maximum absolute atomic E-state index is 5.46. The van der Waals surface area contributed by atoms with Gasteiger partial charge in [-0.15, -0.1) is 0 Å². The van der Waals surface area contributed by atoms with E-state index in [-0.39, 0.29) is 6.04 Å². The first-order valence-electron chi connectivity index (χ1n) is 5.61. The molecule has 0 aliphatic rings. The second-order valence-corrected chi connectivity index (χ2v) is 5.27. The first-order chi connectivity index (χ1) is 8.13. The van der Waals surface area contributed by atoms with Crippen LogP contribution in [0.5, 0.6) is 0 Å². The van der Waals surface area contributed by atoms with Crippen LogP contribution in [0.2, 0.25) is 0 Å². The molecule has 0 amide bonds. The molecule has 1 unspecified atom stereocenters. The summed E-state index contributed by atoms with van der Waals surface area (Å²) in [5, 5.41) is 0. The summed E-state index contributed by atoms with van der Waals surface area (Å²) in [5.41, 5.74) is 2.16. The molecule has 2 aromatic rings. The molecule has 1 heterocycles. The molecule has 0 radical (unpaired) electrons. The summed E-state index contributed by atoms with van der Waals surface area (Å²) < 4.78 is 9.35. The van der Waals surface area contributed by atoms with Gasteiger partial charge in [0.25, 0.3) is 0 Å². The lowest BCUT2D eigenvalue weighted by atomic mass is 10.3. The zero-order valence-corrected chi connectivity index (χ0v) is 12.3. The maximum atomic E-state index is 5.46. The minimum atomic E-state index is 0.234. The Morgan fingerprint density at radius 1 is 1.53 bits per heavy atom. The molecule has 1 aromatic heterocycles. The number of aromatic nitrogens is 2. The van der Waals surface area contributed by atoms with Gasteiger partial charge < -0.3 is 14.3 Å². The van der Waals surface area contributed by atoms with E-state index >= 15 is 0 Å². The monoisotopic (exact) mass is 314 g/mol. The summed E-state index contributed by atoms with van der Waals surface area (Å²) in [6, 6.07) is 6.36. The SMILES string of the molecule is CCOCC(C)n1c(=S)[nH]c2cc(Br)ccc21. The van der Waals surface area contributed by atoms with Crippen molar-refractivity contribution in [3.05, 3.63) is 27.4 Å². The highest BCUT2D eigenvalue weighted by Crippen LogP contribution is 2.22. The van der Waals surface area contributed by atoms with Crippen molar-refractivity contribution in [3.63, 3.8) is 0 Å². The van der Waals surface area contributed by atoms with Crippen molar-refractivity contribution in [2.24, 2.45) is 0 Å². The third kappa shape index (κ3) is 2.61. The molecule has 1 N–H and O–H groups in total. The number of nitrogens with one attached hydrogen (secondary N) is 1. The van der Waals surface area contributed by atoms with Gasteiger partial charge in [-0.05, 0) is 44.3 Å². The molecule has 5 heteroatoms. The van der Waals surface area contributed by atoms with E-state index in [0.29, 0.717) is 6.61 Å². The fourth-order valence-electron chi connectivity index (χ4n) is 1.90. The van der Waals surface area contributed by atoms with Crippen molar-refractivity contribution < 1.29 is 4.74 Å². The molecule has 0 spiro atoms. The van der Waals surface area contributed by atoms with Crippen LogP contribution < -0.4 is 0 Å². The Hall–Kier alpha value is -0.650. The van der Waals surface area contributed by atoms with E-state index in [9.17, 15) is 0 Å². The Balaban J connectivity index is 2.46. The molecule has 0 fully saturated rings. The van der Waals surface area contributed by atoms with Crippen molar-refractivity contribution in [3.8, 4) is 0 Å². The molecule has 92 valence electrons. The van der Waals surface area contributed by atoms with Crippen molar-refractivity contribution in [1.29, 1.82) is 0 Å². The summed E-state index contributed by atoms with van der Waals surface area (Å²) in [4.78, 5) is 3.22. The Kier molecular flexibility index (Phi) is 4.01. The van der Waals surface area contributed by atoms with Crippen LogP contribution in [0.3, 0.4) is 0 Å². The highest BCUT2D eigenvalue weighted by Gasteiger charge is 2.11. The number of hydrogen-bond acceptors (Lipinski definition) is 2. The van der Waals surface area contributed by atoms with Crippen LogP contribution in [0.15, 0.2) is 22.7 Å². The van der Waals surface area contributed by atoms with E-state index in [1.54, 1.807) is 0 Å². The first kappa shape index (κ1) is 12.8. The van der Waals surface area contributed by atoms with Crippen molar-refractivity contribution >= 4 is 39.2 Å². The van der Waals surface area contributed by atoms with Gasteiger partial charge in [0, 0.05) is 11.1 Å². The van der Waals surface area contributed by atoms with Gasteiger partial charge in [0.1, 0.15) is 0 Å². The molecule has 0 saturated heterocycles. The summed E-state index contributed by atoms with van der Waals surface area (Å²) in [5.74, 6) is 0. The number of ether oxygens (including phenoxy) is 1. The van der Waals surface area contributed by atoms with Crippen LogP contribution in [0.1, 0.15) is 19.9 Å². The van der Waals surface area contributed by atoms with E-state index in [1.165, 1.54) is 0 Å². The number of benzene rings is 1. The largest absolute Gasteiger partial charge is 0.380 e. The van der Waals surface area contributed by atoms with Crippen LogP contribution in [-0.2, 0) is 4.74 Å². The van der Waals surface area contributed by atoms with Gasteiger partial charge in [0.2, 0.25) is 0 Å². The second kappa shape index (κ2) is 5.33. The van der Waals surface area contributed by atoms with Crippen molar-refractivity contribution in [2.75, 3.05) is 13.2 Å². The number of aromatic amines is 1. The summed E-state index contributed by atoms with van der Waals surface area (Å²) in [6.45, 7) is 5.51.